The fourth-order valence-electron chi connectivity index (χ4n) is 4.65. The number of benzene rings is 2. The smallest absolute Gasteiger partial charge is 0.344 e. The molecule has 0 unspecified atom stereocenters. The second-order valence-electron chi connectivity index (χ2n) is 8.59. The van der Waals surface area contributed by atoms with Gasteiger partial charge in [0, 0.05) is 61.7 Å². The van der Waals surface area contributed by atoms with Crippen molar-refractivity contribution < 1.29 is 23.8 Å². The molecule has 0 saturated carbocycles. The van der Waals surface area contributed by atoms with Crippen LogP contribution in [0.1, 0.15) is 5.56 Å². The largest absolute Gasteiger partial charge is 0.507 e. The number of aromatic hydroxyl groups is 1. The molecule has 9 nitrogen and oxygen atoms in total. The number of phenolic OH excluding ortho intramolecular Hbond substituents is 1. The zero-order chi connectivity index (χ0) is 24.5. The summed E-state index contributed by atoms with van der Waals surface area (Å²) >= 11 is 0. The van der Waals surface area contributed by atoms with Crippen molar-refractivity contribution >= 4 is 21.9 Å². The van der Waals surface area contributed by atoms with Gasteiger partial charge in [-0.05, 0) is 24.3 Å². The van der Waals surface area contributed by atoms with Crippen LogP contribution in [0.25, 0.3) is 33.1 Å². The first-order valence-corrected chi connectivity index (χ1v) is 11.4. The van der Waals surface area contributed by atoms with Crippen LogP contribution in [0.4, 0.5) is 0 Å². The third-order valence-corrected chi connectivity index (χ3v) is 6.49. The topological polar surface area (TPSA) is 117 Å². The van der Waals surface area contributed by atoms with Gasteiger partial charge in [-0.2, -0.15) is 0 Å². The molecule has 1 aliphatic heterocycles. The van der Waals surface area contributed by atoms with E-state index in [2.05, 4.69) is 9.80 Å². The molecule has 9 heteroatoms. The monoisotopic (exact) mass is 478 g/mol. The van der Waals surface area contributed by atoms with E-state index >= 15 is 0 Å². The second-order valence-corrected chi connectivity index (χ2v) is 8.59. The number of methoxy groups -OCH3 is 1. The van der Waals surface area contributed by atoms with E-state index in [1.807, 2.05) is 0 Å². The van der Waals surface area contributed by atoms with Gasteiger partial charge in [-0.3, -0.25) is 9.80 Å². The lowest BCUT2D eigenvalue weighted by Gasteiger charge is -2.34. The summed E-state index contributed by atoms with van der Waals surface area (Å²) in [5, 5.41) is 21.0. The Bertz CT molecular complexity index is 1500. The van der Waals surface area contributed by atoms with E-state index in [1.54, 1.807) is 36.4 Å². The minimum Gasteiger partial charge on any atom is -0.507 e. The maximum atomic E-state index is 13.0. The Morgan fingerprint density at radius 3 is 2.46 bits per heavy atom. The van der Waals surface area contributed by atoms with Gasteiger partial charge in [0.25, 0.3) is 0 Å². The Kier molecular flexibility index (Phi) is 6.29. The van der Waals surface area contributed by atoms with Crippen LogP contribution in [-0.4, -0.2) is 66.5 Å². The van der Waals surface area contributed by atoms with Crippen molar-refractivity contribution in [2.24, 2.45) is 0 Å². The number of ether oxygens (including phenoxy) is 1. The molecule has 182 valence electrons. The van der Waals surface area contributed by atoms with Crippen molar-refractivity contribution in [3.8, 4) is 22.6 Å². The SMILES string of the molecule is COc1cccc2cc(-c3cc(=O)oc4c(CN5CCN(CCO)CC5)c(O)ccc34)c(=O)oc12. The normalized spacial score (nSPS) is 15.1. The van der Waals surface area contributed by atoms with E-state index in [-0.39, 0.29) is 23.5 Å². The van der Waals surface area contributed by atoms with E-state index < -0.39 is 11.3 Å². The van der Waals surface area contributed by atoms with Crippen LogP contribution in [0.2, 0.25) is 0 Å². The number of fused-ring (bicyclic) bond motifs is 2. The average Bonchev–Trinajstić information content (AvgIpc) is 2.86. The number of hydrogen-bond donors (Lipinski definition) is 2. The molecule has 1 aliphatic rings. The molecule has 1 fully saturated rings. The third-order valence-electron chi connectivity index (χ3n) is 6.49. The molecule has 4 aromatic rings. The minimum atomic E-state index is -0.628. The zero-order valence-corrected chi connectivity index (χ0v) is 19.3. The minimum absolute atomic E-state index is 0.0193. The van der Waals surface area contributed by atoms with Crippen LogP contribution in [0, 0.1) is 0 Å². The van der Waals surface area contributed by atoms with Gasteiger partial charge in [-0.1, -0.05) is 12.1 Å². The molecule has 2 aromatic carbocycles. The van der Waals surface area contributed by atoms with Gasteiger partial charge in [0.1, 0.15) is 11.3 Å². The summed E-state index contributed by atoms with van der Waals surface area (Å²) < 4.78 is 16.4. The predicted octanol–water partition coefficient (Wildman–Crippen LogP) is 2.39. The molecule has 2 aromatic heterocycles. The number of β-amino-alcohol motifs (C(OH)–C–C–N with tert-alkyl or cyclic N) is 1. The van der Waals surface area contributed by atoms with Gasteiger partial charge in [0.15, 0.2) is 11.3 Å². The van der Waals surface area contributed by atoms with E-state index in [0.717, 1.165) is 26.2 Å². The number of piperazine rings is 1. The maximum Gasteiger partial charge on any atom is 0.344 e. The Labute approximate surface area is 200 Å². The summed E-state index contributed by atoms with van der Waals surface area (Å²) in [6.07, 6.45) is 0. The molecule has 0 spiro atoms. The maximum absolute atomic E-state index is 13.0. The molecule has 3 heterocycles. The van der Waals surface area contributed by atoms with E-state index in [9.17, 15) is 14.7 Å². The molecule has 5 rings (SSSR count). The summed E-state index contributed by atoms with van der Waals surface area (Å²) in [6.45, 7) is 4.21. The molecular formula is C26H26N2O7. The predicted molar refractivity (Wildman–Crippen MR) is 131 cm³/mol. The lowest BCUT2D eigenvalue weighted by molar-refractivity contribution is 0.108. The quantitative estimate of drug-likeness (QED) is 0.403. The van der Waals surface area contributed by atoms with Gasteiger partial charge < -0.3 is 23.8 Å². The van der Waals surface area contributed by atoms with E-state index in [1.165, 1.54) is 13.2 Å². The number of para-hydroxylation sites is 1. The molecule has 0 bridgehead atoms. The van der Waals surface area contributed by atoms with Gasteiger partial charge in [-0.25, -0.2) is 9.59 Å². The number of aliphatic hydroxyl groups excluding tert-OH is 1. The van der Waals surface area contributed by atoms with Crippen LogP contribution in [-0.2, 0) is 6.54 Å². The Morgan fingerprint density at radius 2 is 1.71 bits per heavy atom. The van der Waals surface area contributed by atoms with Crippen molar-refractivity contribution in [2.75, 3.05) is 46.4 Å². The standard InChI is InChI=1S/C26H26N2O7/c1-33-22-4-2-3-16-13-19(26(32)35-24(16)22)18-14-23(31)34-25-17(18)5-6-21(30)20(25)15-28-9-7-27(8-10-28)11-12-29/h2-6,13-14,29-30H,7-12,15H2,1H3. The van der Waals surface area contributed by atoms with Crippen LogP contribution >= 0.6 is 0 Å². The highest BCUT2D eigenvalue weighted by atomic mass is 16.5. The molecule has 0 atom stereocenters. The molecular weight excluding hydrogens is 452 g/mol. The van der Waals surface area contributed by atoms with Crippen LogP contribution in [0.15, 0.2) is 60.9 Å². The summed E-state index contributed by atoms with van der Waals surface area (Å²) in [5.41, 5.74) is 0.427. The van der Waals surface area contributed by atoms with E-state index in [0.29, 0.717) is 46.3 Å². The first kappa shape index (κ1) is 23.1. The summed E-state index contributed by atoms with van der Waals surface area (Å²) in [5.74, 6) is 0.459. The molecule has 0 radical (unpaired) electrons. The fraction of sp³-hybridized carbons (Fsp3) is 0.308. The summed E-state index contributed by atoms with van der Waals surface area (Å²) in [4.78, 5) is 29.9. The molecule has 1 saturated heterocycles. The first-order valence-electron chi connectivity index (χ1n) is 11.4. The van der Waals surface area contributed by atoms with E-state index in [4.69, 9.17) is 18.7 Å². The molecule has 0 amide bonds. The fourth-order valence-corrected chi connectivity index (χ4v) is 4.65. The number of aliphatic hydroxyl groups is 1. The lowest BCUT2D eigenvalue weighted by Crippen LogP contribution is -2.46. The van der Waals surface area contributed by atoms with Crippen molar-refractivity contribution in [1.29, 1.82) is 0 Å². The first-order chi connectivity index (χ1) is 17.0. The van der Waals surface area contributed by atoms with Crippen LogP contribution in [0.5, 0.6) is 11.5 Å². The van der Waals surface area contributed by atoms with Crippen molar-refractivity contribution in [3.05, 3.63) is 68.9 Å². The number of nitrogens with zero attached hydrogens (tertiary/aromatic N) is 2. The second kappa shape index (κ2) is 9.53. The Balaban J connectivity index is 1.60. The number of phenols is 1. The van der Waals surface area contributed by atoms with Crippen molar-refractivity contribution in [3.63, 3.8) is 0 Å². The van der Waals surface area contributed by atoms with Crippen LogP contribution in [0.3, 0.4) is 0 Å². The highest BCUT2D eigenvalue weighted by Crippen LogP contribution is 2.34. The summed E-state index contributed by atoms with van der Waals surface area (Å²) in [7, 11) is 1.50. The number of rotatable bonds is 6. The van der Waals surface area contributed by atoms with Gasteiger partial charge in [-0.15, -0.1) is 0 Å². The van der Waals surface area contributed by atoms with Gasteiger partial charge >= 0.3 is 11.3 Å². The molecule has 35 heavy (non-hydrogen) atoms. The zero-order valence-electron chi connectivity index (χ0n) is 19.3. The lowest BCUT2D eigenvalue weighted by atomic mass is 9.99. The molecule has 0 aliphatic carbocycles. The highest BCUT2D eigenvalue weighted by molar-refractivity contribution is 5.97. The highest BCUT2D eigenvalue weighted by Gasteiger charge is 2.22. The number of hydrogen-bond acceptors (Lipinski definition) is 9. The Hall–Kier alpha value is -3.66. The molecule has 2 N–H and O–H groups in total. The van der Waals surface area contributed by atoms with Gasteiger partial charge in [0.05, 0.1) is 24.8 Å². The van der Waals surface area contributed by atoms with Crippen molar-refractivity contribution in [2.45, 2.75) is 6.54 Å². The summed E-state index contributed by atoms with van der Waals surface area (Å²) in [6, 6.07) is 11.4. The average molecular weight is 479 g/mol. The van der Waals surface area contributed by atoms with Crippen LogP contribution < -0.4 is 16.0 Å². The van der Waals surface area contributed by atoms with Crippen molar-refractivity contribution in [1.82, 2.24) is 9.80 Å². The Morgan fingerprint density at radius 1 is 0.943 bits per heavy atom. The van der Waals surface area contributed by atoms with Gasteiger partial charge in [0.2, 0.25) is 0 Å². The third kappa shape index (κ3) is 4.41.